The summed E-state index contributed by atoms with van der Waals surface area (Å²) in [6.07, 6.45) is 5.69. The Kier molecular flexibility index (Phi) is 7.03. The van der Waals surface area contributed by atoms with E-state index in [2.05, 4.69) is 22.4 Å². The third-order valence-corrected chi connectivity index (χ3v) is 6.17. The fourth-order valence-corrected chi connectivity index (χ4v) is 4.18. The molecule has 10 nitrogen and oxygen atoms in total. The number of nitro groups is 1. The van der Waals surface area contributed by atoms with Crippen LogP contribution < -0.4 is 5.32 Å². The fourth-order valence-electron chi connectivity index (χ4n) is 3.33. The lowest BCUT2D eigenvalue weighted by Crippen LogP contribution is -2.42. The van der Waals surface area contributed by atoms with Gasteiger partial charge in [-0.3, -0.25) is 14.9 Å². The van der Waals surface area contributed by atoms with Crippen LogP contribution in [0.5, 0.6) is 0 Å². The second-order valence-corrected chi connectivity index (χ2v) is 8.29. The van der Waals surface area contributed by atoms with Crippen molar-refractivity contribution >= 4 is 29.3 Å². The Morgan fingerprint density at radius 3 is 2.80 bits per heavy atom. The molecule has 1 heterocycles. The van der Waals surface area contributed by atoms with E-state index < -0.39 is 17.5 Å². The summed E-state index contributed by atoms with van der Waals surface area (Å²) in [7, 11) is 1.72. The van der Waals surface area contributed by atoms with Gasteiger partial charge in [0.05, 0.1) is 15.4 Å². The molecule has 0 unspecified atom stereocenters. The number of nitrogens with zero attached hydrogens (tertiary/aromatic N) is 4. The van der Waals surface area contributed by atoms with Gasteiger partial charge < -0.3 is 14.6 Å². The predicted octanol–water partition coefficient (Wildman–Crippen LogP) is 2.73. The molecule has 11 heteroatoms. The van der Waals surface area contributed by atoms with Crippen molar-refractivity contribution in [1.29, 1.82) is 0 Å². The molecule has 160 valence electrons. The van der Waals surface area contributed by atoms with Crippen LogP contribution in [-0.4, -0.2) is 44.2 Å². The van der Waals surface area contributed by atoms with Gasteiger partial charge in [-0.05, 0) is 42.7 Å². The van der Waals surface area contributed by atoms with Crippen LogP contribution in [0.4, 0.5) is 5.69 Å². The number of rotatable bonds is 7. The summed E-state index contributed by atoms with van der Waals surface area (Å²) in [5.74, 6) is -0.772. The SMILES string of the molecule is C[C@@H]1CCCC[C@@H]1NC(=O)COC(=O)c1ccc(Sc2nncn2C)c([N+](=O)[O-])c1. The van der Waals surface area contributed by atoms with Crippen LogP contribution in [0.1, 0.15) is 43.0 Å². The van der Waals surface area contributed by atoms with E-state index in [9.17, 15) is 19.7 Å². The molecule has 0 aliphatic heterocycles. The Morgan fingerprint density at radius 2 is 2.13 bits per heavy atom. The van der Waals surface area contributed by atoms with Crippen molar-refractivity contribution in [2.45, 2.75) is 48.7 Å². The van der Waals surface area contributed by atoms with E-state index >= 15 is 0 Å². The lowest BCUT2D eigenvalue weighted by atomic mass is 9.86. The molecule has 3 rings (SSSR count). The van der Waals surface area contributed by atoms with E-state index in [1.54, 1.807) is 11.6 Å². The van der Waals surface area contributed by atoms with E-state index in [0.29, 0.717) is 16.0 Å². The summed E-state index contributed by atoms with van der Waals surface area (Å²) in [4.78, 5) is 35.6. The number of esters is 1. The van der Waals surface area contributed by atoms with E-state index in [-0.39, 0.29) is 23.2 Å². The van der Waals surface area contributed by atoms with Crippen molar-refractivity contribution in [3.05, 3.63) is 40.2 Å². The third kappa shape index (κ3) is 5.35. The number of ether oxygens (including phenoxy) is 1. The summed E-state index contributed by atoms with van der Waals surface area (Å²) >= 11 is 1.07. The Bertz CT molecular complexity index is 947. The van der Waals surface area contributed by atoms with Gasteiger partial charge in [-0.15, -0.1) is 10.2 Å². The van der Waals surface area contributed by atoms with Gasteiger partial charge in [0, 0.05) is 19.2 Å². The zero-order valence-corrected chi connectivity index (χ0v) is 17.6. The first-order chi connectivity index (χ1) is 14.3. The van der Waals surface area contributed by atoms with Crippen LogP contribution in [0, 0.1) is 16.0 Å². The number of carbonyl (C=O) groups excluding carboxylic acids is 2. The molecule has 1 aromatic carbocycles. The molecule has 1 N–H and O–H groups in total. The maximum absolute atomic E-state index is 12.3. The standard InChI is InChI=1S/C19H23N5O5S/c1-12-5-3-4-6-14(12)21-17(25)10-29-18(26)13-7-8-16(15(9-13)24(27)28)30-19-22-20-11-23(19)2/h7-9,11-12,14H,3-6,10H2,1-2H3,(H,21,25)/t12-,14+/m1/s1. The zero-order valence-electron chi connectivity index (χ0n) is 16.7. The number of nitrogens with one attached hydrogen (secondary N) is 1. The number of hydrogen-bond acceptors (Lipinski definition) is 8. The van der Waals surface area contributed by atoms with Crippen LogP contribution >= 0.6 is 11.8 Å². The molecular formula is C19H23N5O5S. The highest BCUT2D eigenvalue weighted by Gasteiger charge is 2.24. The maximum Gasteiger partial charge on any atom is 0.338 e. The Labute approximate surface area is 177 Å². The number of aryl methyl sites for hydroxylation is 1. The average molecular weight is 433 g/mol. The smallest absolute Gasteiger partial charge is 0.338 e. The molecule has 1 fully saturated rings. The molecule has 1 aliphatic carbocycles. The Hall–Kier alpha value is -2.95. The van der Waals surface area contributed by atoms with Crippen molar-refractivity contribution in [2.24, 2.45) is 13.0 Å². The number of aromatic nitrogens is 3. The molecule has 2 atom stereocenters. The molecule has 30 heavy (non-hydrogen) atoms. The molecule has 2 aromatic rings. The topological polar surface area (TPSA) is 129 Å². The van der Waals surface area contributed by atoms with E-state index in [4.69, 9.17) is 4.74 Å². The first-order valence-corrected chi connectivity index (χ1v) is 10.4. The van der Waals surface area contributed by atoms with Crippen LogP contribution in [-0.2, 0) is 16.6 Å². The summed E-state index contributed by atoms with van der Waals surface area (Å²) in [6, 6.07) is 4.11. The summed E-state index contributed by atoms with van der Waals surface area (Å²) < 4.78 is 6.69. The summed E-state index contributed by atoms with van der Waals surface area (Å²) in [6.45, 7) is 1.67. The van der Waals surface area contributed by atoms with Gasteiger partial charge in [-0.25, -0.2) is 4.79 Å². The predicted molar refractivity (Wildman–Crippen MR) is 108 cm³/mol. The van der Waals surface area contributed by atoms with Crippen LogP contribution in [0.15, 0.2) is 34.6 Å². The number of benzene rings is 1. The van der Waals surface area contributed by atoms with Gasteiger partial charge in [0.25, 0.3) is 11.6 Å². The Balaban J connectivity index is 1.62. The highest BCUT2D eigenvalue weighted by atomic mass is 32.2. The van der Waals surface area contributed by atoms with Gasteiger partial charge in [-0.2, -0.15) is 0 Å². The minimum absolute atomic E-state index is 0.00264. The van der Waals surface area contributed by atoms with Gasteiger partial charge in [0.1, 0.15) is 6.33 Å². The van der Waals surface area contributed by atoms with Crippen molar-refractivity contribution in [1.82, 2.24) is 20.1 Å². The van der Waals surface area contributed by atoms with Crippen LogP contribution in [0.3, 0.4) is 0 Å². The number of carbonyl (C=O) groups is 2. The quantitative estimate of drug-likeness (QED) is 0.401. The molecule has 1 saturated carbocycles. The van der Waals surface area contributed by atoms with Crippen molar-refractivity contribution in [3.8, 4) is 0 Å². The number of amides is 1. The van der Waals surface area contributed by atoms with Gasteiger partial charge in [0.15, 0.2) is 11.8 Å². The lowest BCUT2D eigenvalue weighted by Gasteiger charge is -2.29. The van der Waals surface area contributed by atoms with E-state index in [0.717, 1.165) is 43.5 Å². The minimum Gasteiger partial charge on any atom is -0.452 e. The second kappa shape index (κ2) is 9.70. The molecule has 0 radical (unpaired) electrons. The highest BCUT2D eigenvalue weighted by Crippen LogP contribution is 2.34. The third-order valence-electron chi connectivity index (χ3n) is 5.05. The average Bonchev–Trinajstić information content (AvgIpc) is 3.12. The van der Waals surface area contributed by atoms with Crippen LogP contribution in [0.2, 0.25) is 0 Å². The molecule has 1 aliphatic rings. The van der Waals surface area contributed by atoms with E-state index in [1.165, 1.54) is 18.5 Å². The first kappa shape index (κ1) is 21.8. The van der Waals surface area contributed by atoms with Crippen molar-refractivity contribution < 1.29 is 19.2 Å². The highest BCUT2D eigenvalue weighted by molar-refractivity contribution is 7.99. The molecule has 0 spiro atoms. The fraction of sp³-hybridized carbons (Fsp3) is 0.474. The van der Waals surface area contributed by atoms with Crippen molar-refractivity contribution in [3.63, 3.8) is 0 Å². The zero-order chi connectivity index (χ0) is 21.7. The Morgan fingerprint density at radius 1 is 1.37 bits per heavy atom. The maximum atomic E-state index is 12.3. The normalized spacial score (nSPS) is 18.6. The molecule has 1 aromatic heterocycles. The van der Waals surface area contributed by atoms with E-state index in [1.807, 2.05) is 0 Å². The second-order valence-electron chi connectivity index (χ2n) is 7.28. The van der Waals surface area contributed by atoms with Gasteiger partial charge >= 0.3 is 5.97 Å². The minimum atomic E-state index is -0.792. The summed E-state index contributed by atoms with van der Waals surface area (Å²) in [5.41, 5.74) is -0.249. The van der Waals surface area contributed by atoms with Gasteiger partial charge in [0.2, 0.25) is 0 Å². The number of nitro benzene ring substituents is 1. The summed E-state index contributed by atoms with van der Waals surface area (Å²) in [5, 5.41) is 22.5. The molecule has 1 amide bonds. The monoisotopic (exact) mass is 433 g/mol. The number of hydrogen-bond donors (Lipinski definition) is 1. The lowest BCUT2D eigenvalue weighted by molar-refractivity contribution is -0.387. The van der Waals surface area contributed by atoms with Crippen molar-refractivity contribution in [2.75, 3.05) is 6.61 Å². The first-order valence-electron chi connectivity index (χ1n) is 9.62. The molecule has 0 bridgehead atoms. The van der Waals surface area contributed by atoms with Gasteiger partial charge in [-0.1, -0.05) is 19.8 Å². The molecule has 0 saturated heterocycles. The molecular weight excluding hydrogens is 410 g/mol. The largest absolute Gasteiger partial charge is 0.452 e. The van der Waals surface area contributed by atoms with Crippen LogP contribution in [0.25, 0.3) is 0 Å².